The van der Waals surface area contributed by atoms with Crippen LogP contribution in [-0.4, -0.2) is 32.8 Å². The number of aliphatic hydroxyl groups is 1. The van der Waals surface area contributed by atoms with Crippen LogP contribution in [0.5, 0.6) is 5.75 Å². The Hall–Kier alpha value is -4.00. The number of hydrogen-bond donors (Lipinski definition) is 1. The second-order valence-electron chi connectivity index (χ2n) is 8.00. The maximum atomic E-state index is 13.3. The Morgan fingerprint density at radius 1 is 1.06 bits per heavy atom. The van der Waals surface area contributed by atoms with E-state index in [4.69, 9.17) is 4.74 Å². The van der Waals surface area contributed by atoms with Crippen molar-refractivity contribution in [1.29, 1.82) is 0 Å². The summed E-state index contributed by atoms with van der Waals surface area (Å²) in [6.45, 7) is 3.87. The summed E-state index contributed by atoms with van der Waals surface area (Å²) in [5.74, 6) is -1.61. The lowest BCUT2D eigenvalue weighted by Crippen LogP contribution is -2.29. The minimum Gasteiger partial charge on any atom is -0.507 e. The molecule has 2 heterocycles. The van der Waals surface area contributed by atoms with E-state index in [2.05, 4.69) is 4.98 Å². The Labute approximate surface area is 191 Å². The summed E-state index contributed by atoms with van der Waals surface area (Å²) in [5, 5.41) is 11.1. The van der Waals surface area contributed by atoms with E-state index in [1.807, 2.05) is 13.8 Å². The highest BCUT2D eigenvalue weighted by molar-refractivity contribution is 6.46. The van der Waals surface area contributed by atoms with E-state index in [-0.39, 0.29) is 24.0 Å². The average molecular weight is 446 g/mol. The van der Waals surface area contributed by atoms with Crippen LogP contribution in [0.25, 0.3) is 5.76 Å². The third-order valence-electron chi connectivity index (χ3n) is 5.27. The number of Topliss-reactive ketones (excluding diaryl/α,β-unsaturated/α-hetero) is 1. The minimum atomic E-state index is -0.886. The number of ether oxygens (including phenoxy) is 1. The zero-order chi connectivity index (χ0) is 23.5. The number of aliphatic hydroxyl groups excluding tert-OH is 1. The molecule has 1 aromatic heterocycles. The second kappa shape index (κ2) is 9.24. The van der Waals surface area contributed by atoms with E-state index >= 15 is 0 Å². The van der Waals surface area contributed by atoms with E-state index in [9.17, 15) is 19.1 Å². The van der Waals surface area contributed by atoms with Gasteiger partial charge in [-0.05, 0) is 67.9 Å². The highest BCUT2D eigenvalue weighted by atomic mass is 19.1. The summed E-state index contributed by atoms with van der Waals surface area (Å²) in [4.78, 5) is 31.7. The number of pyridine rings is 1. The Balaban J connectivity index is 1.77. The van der Waals surface area contributed by atoms with Gasteiger partial charge in [0.25, 0.3) is 11.7 Å². The van der Waals surface area contributed by atoms with Crippen LogP contribution in [-0.2, 0) is 16.1 Å². The molecule has 1 unspecified atom stereocenters. The first-order valence-electron chi connectivity index (χ1n) is 10.6. The summed E-state index contributed by atoms with van der Waals surface area (Å²) in [6, 6.07) is 16.6. The third kappa shape index (κ3) is 4.62. The molecule has 6 nitrogen and oxygen atoms in total. The molecule has 0 bridgehead atoms. The number of ketones is 1. The number of hydrogen-bond acceptors (Lipinski definition) is 5. The molecule has 0 saturated carbocycles. The van der Waals surface area contributed by atoms with Gasteiger partial charge in [-0.1, -0.05) is 18.2 Å². The summed E-state index contributed by atoms with van der Waals surface area (Å²) in [5.41, 5.74) is 1.43. The van der Waals surface area contributed by atoms with Crippen LogP contribution in [0.1, 0.15) is 36.7 Å². The van der Waals surface area contributed by atoms with E-state index in [0.717, 1.165) is 0 Å². The summed E-state index contributed by atoms with van der Waals surface area (Å²) in [6.07, 6.45) is 1.55. The lowest BCUT2D eigenvalue weighted by atomic mass is 9.98. The highest BCUT2D eigenvalue weighted by Crippen LogP contribution is 2.39. The van der Waals surface area contributed by atoms with Gasteiger partial charge < -0.3 is 14.7 Å². The van der Waals surface area contributed by atoms with Gasteiger partial charge in [-0.15, -0.1) is 0 Å². The second-order valence-corrected chi connectivity index (χ2v) is 8.00. The van der Waals surface area contributed by atoms with Crippen molar-refractivity contribution in [2.45, 2.75) is 32.5 Å². The maximum Gasteiger partial charge on any atom is 0.296 e. The first-order valence-corrected chi connectivity index (χ1v) is 10.6. The van der Waals surface area contributed by atoms with Gasteiger partial charge in [-0.3, -0.25) is 14.6 Å². The van der Waals surface area contributed by atoms with Gasteiger partial charge in [0.15, 0.2) is 0 Å². The number of carbonyl (C=O) groups is 2. The number of aromatic nitrogens is 1. The Bertz CT molecular complexity index is 1190. The molecule has 1 aliphatic heterocycles. The number of likely N-dealkylation sites (tertiary alicyclic amines) is 1. The van der Waals surface area contributed by atoms with Crippen LogP contribution < -0.4 is 4.74 Å². The molecule has 168 valence electrons. The fourth-order valence-electron chi connectivity index (χ4n) is 3.79. The number of nitrogens with zero attached hydrogens (tertiary/aromatic N) is 2. The number of halogens is 1. The van der Waals surface area contributed by atoms with Crippen molar-refractivity contribution in [2.24, 2.45) is 0 Å². The van der Waals surface area contributed by atoms with Crippen LogP contribution in [0.2, 0.25) is 0 Å². The van der Waals surface area contributed by atoms with Crippen LogP contribution >= 0.6 is 0 Å². The van der Waals surface area contributed by atoms with Gasteiger partial charge in [0, 0.05) is 18.3 Å². The molecule has 1 aliphatic rings. The molecule has 2 aromatic carbocycles. The number of benzene rings is 2. The van der Waals surface area contributed by atoms with Crippen LogP contribution in [0.15, 0.2) is 78.5 Å². The van der Waals surface area contributed by atoms with Gasteiger partial charge in [0.05, 0.1) is 17.4 Å². The zero-order valence-electron chi connectivity index (χ0n) is 18.2. The first-order chi connectivity index (χ1) is 15.8. The predicted molar refractivity (Wildman–Crippen MR) is 121 cm³/mol. The maximum absolute atomic E-state index is 13.3. The quantitative estimate of drug-likeness (QED) is 0.339. The Morgan fingerprint density at radius 2 is 1.76 bits per heavy atom. The van der Waals surface area contributed by atoms with E-state index in [1.165, 1.54) is 17.0 Å². The summed E-state index contributed by atoms with van der Waals surface area (Å²) >= 11 is 0. The van der Waals surface area contributed by atoms with Gasteiger partial charge >= 0.3 is 0 Å². The molecule has 3 aromatic rings. The highest BCUT2D eigenvalue weighted by Gasteiger charge is 2.46. The van der Waals surface area contributed by atoms with Crippen LogP contribution in [0.3, 0.4) is 0 Å². The van der Waals surface area contributed by atoms with Crippen LogP contribution in [0, 0.1) is 5.82 Å². The Kier molecular flexibility index (Phi) is 6.22. The Morgan fingerprint density at radius 3 is 2.36 bits per heavy atom. The van der Waals surface area contributed by atoms with Gasteiger partial charge in [0.1, 0.15) is 23.4 Å². The van der Waals surface area contributed by atoms with E-state index in [1.54, 1.807) is 60.8 Å². The normalized spacial score (nSPS) is 17.6. The molecule has 1 amide bonds. The first kappa shape index (κ1) is 22.2. The molecule has 33 heavy (non-hydrogen) atoms. The SMILES string of the molecule is CC(C)Oc1ccc(/C(O)=C2/C(=O)C(=O)N(Cc3ccc(F)cc3)C2c2ccccn2)cc1. The van der Waals surface area contributed by atoms with Gasteiger partial charge in [-0.25, -0.2) is 4.39 Å². The topological polar surface area (TPSA) is 79.7 Å². The molecule has 4 rings (SSSR count). The number of carbonyl (C=O) groups excluding carboxylic acids is 2. The monoisotopic (exact) mass is 446 g/mol. The molecule has 7 heteroatoms. The third-order valence-corrected chi connectivity index (χ3v) is 5.27. The lowest BCUT2D eigenvalue weighted by Gasteiger charge is -2.24. The largest absolute Gasteiger partial charge is 0.507 e. The molecule has 1 atom stereocenters. The van der Waals surface area contributed by atoms with Crippen molar-refractivity contribution in [3.05, 3.63) is 101 Å². The van der Waals surface area contributed by atoms with Crippen molar-refractivity contribution in [2.75, 3.05) is 0 Å². The standard InChI is InChI=1S/C26H23FN2O4/c1-16(2)33-20-12-8-18(9-13-20)24(30)22-23(21-5-3-4-14-28-21)29(26(32)25(22)31)15-17-6-10-19(27)11-7-17/h3-14,16,23,30H,15H2,1-2H3/b24-22-. The molecule has 0 spiro atoms. The smallest absolute Gasteiger partial charge is 0.296 e. The fraction of sp³-hybridized carbons (Fsp3) is 0.192. The van der Waals surface area contributed by atoms with Crippen molar-refractivity contribution in [3.8, 4) is 5.75 Å². The van der Waals surface area contributed by atoms with E-state index in [0.29, 0.717) is 22.6 Å². The van der Waals surface area contributed by atoms with Crippen LogP contribution in [0.4, 0.5) is 4.39 Å². The molecular formula is C26H23FN2O4. The van der Waals surface area contributed by atoms with Gasteiger partial charge in [0.2, 0.25) is 0 Å². The average Bonchev–Trinajstić information content (AvgIpc) is 3.05. The minimum absolute atomic E-state index is 0.00890. The van der Waals surface area contributed by atoms with Gasteiger partial charge in [-0.2, -0.15) is 0 Å². The van der Waals surface area contributed by atoms with Crippen molar-refractivity contribution >= 4 is 17.4 Å². The zero-order valence-corrected chi connectivity index (χ0v) is 18.2. The number of amides is 1. The summed E-state index contributed by atoms with van der Waals surface area (Å²) < 4.78 is 19.0. The van der Waals surface area contributed by atoms with Crippen molar-refractivity contribution < 1.29 is 23.8 Å². The van der Waals surface area contributed by atoms with Crippen molar-refractivity contribution in [3.63, 3.8) is 0 Å². The summed E-state index contributed by atoms with van der Waals surface area (Å²) in [7, 11) is 0. The molecule has 1 N–H and O–H groups in total. The molecule has 0 aliphatic carbocycles. The van der Waals surface area contributed by atoms with E-state index < -0.39 is 23.5 Å². The molecule has 0 radical (unpaired) electrons. The lowest BCUT2D eigenvalue weighted by molar-refractivity contribution is -0.140. The molecule has 1 saturated heterocycles. The van der Waals surface area contributed by atoms with Crippen molar-refractivity contribution in [1.82, 2.24) is 9.88 Å². The molecular weight excluding hydrogens is 423 g/mol. The fourth-order valence-corrected chi connectivity index (χ4v) is 3.79. The predicted octanol–water partition coefficient (Wildman–Crippen LogP) is 4.63. The molecule has 1 fully saturated rings. The number of rotatable bonds is 6.